The number of hydrogen-bond acceptors (Lipinski definition) is 6. The normalized spacial score (nSPS) is 12.4. The number of carbonyl (C=O) groups excluding carboxylic acids is 1. The monoisotopic (exact) mass is 335 g/mol. The number of ether oxygens (including phenoxy) is 1. The first-order chi connectivity index (χ1) is 9.60. The molecule has 9 heteroatoms. The third kappa shape index (κ3) is 3.09. The average Bonchev–Trinajstić information content (AvgIpc) is 2.87. The van der Waals surface area contributed by atoms with E-state index in [0.29, 0.717) is 0 Å². The van der Waals surface area contributed by atoms with E-state index >= 15 is 0 Å². The number of likely N-dealkylation sites (N-methyl/N-ethyl adjacent to an activating group) is 1. The predicted octanol–water partition coefficient (Wildman–Crippen LogP) is 1.41. The van der Waals surface area contributed by atoms with Crippen LogP contribution in [0.3, 0.4) is 0 Å². The molecule has 0 aromatic carbocycles. The highest BCUT2D eigenvalue weighted by atomic mass is 32.2. The molecule has 1 aromatic heterocycles. The van der Waals surface area contributed by atoms with Crippen molar-refractivity contribution in [2.24, 2.45) is 0 Å². The molecule has 0 radical (unpaired) electrons. The van der Waals surface area contributed by atoms with Crippen molar-refractivity contribution in [2.45, 2.75) is 31.2 Å². The van der Waals surface area contributed by atoms with Gasteiger partial charge in [0.25, 0.3) is 0 Å². The fourth-order valence-electron chi connectivity index (χ4n) is 1.83. The number of carbonyl (C=O) groups is 2. The van der Waals surface area contributed by atoms with Crippen molar-refractivity contribution in [3.8, 4) is 0 Å². The van der Waals surface area contributed by atoms with Crippen molar-refractivity contribution in [1.82, 2.24) is 4.31 Å². The molecule has 1 N–H and O–H groups in total. The van der Waals surface area contributed by atoms with E-state index in [-0.39, 0.29) is 16.3 Å². The molecule has 0 amide bonds. The van der Waals surface area contributed by atoms with Crippen molar-refractivity contribution in [1.29, 1.82) is 0 Å². The van der Waals surface area contributed by atoms with E-state index < -0.39 is 27.5 Å². The van der Waals surface area contributed by atoms with Crippen LogP contribution in [0, 0.1) is 0 Å². The van der Waals surface area contributed by atoms with Crippen LogP contribution >= 0.6 is 11.3 Å². The number of methoxy groups -OCH3 is 1. The summed E-state index contributed by atoms with van der Waals surface area (Å²) in [5, 5.41) is 10.7. The molecule has 1 rings (SSSR count). The zero-order chi connectivity index (χ0) is 16.4. The maximum absolute atomic E-state index is 12.7. The molecule has 0 fully saturated rings. The van der Waals surface area contributed by atoms with Crippen LogP contribution in [-0.4, -0.2) is 49.0 Å². The Bertz CT molecular complexity index is 646. The second kappa shape index (κ2) is 6.12. The Hall–Kier alpha value is -1.45. The SMILES string of the molecule is CCN(C(C)(C)C(=O)O)S(=O)(=O)c1ccsc1C(=O)OC. The zero-order valence-electron chi connectivity index (χ0n) is 12.1. The quantitative estimate of drug-likeness (QED) is 0.789. The Morgan fingerprint density at radius 1 is 1.43 bits per heavy atom. The Kier molecular flexibility index (Phi) is 5.13. The maximum Gasteiger partial charge on any atom is 0.349 e. The number of thiophene rings is 1. The minimum atomic E-state index is -4.13. The number of nitrogens with zero attached hydrogens (tertiary/aromatic N) is 1. The number of hydrogen-bond donors (Lipinski definition) is 1. The molecule has 7 nitrogen and oxygen atoms in total. The molecule has 21 heavy (non-hydrogen) atoms. The summed E-state index contributed by atoms with van der Waals surface area (Å²) in [4.78, 5) is 22.6. The Morgan fingerprint density at radius 3 is 2.43 bits per heavy atom. The van der Waals surface area contributed by atoms with Gasteiger partial charge in [0.2, 0.25) is 10.0 Å². The smallest absolute Gasteiger partial charge is 0.349 e. The van der Waals surface area contributed by atoms with Crippen LogP contribution in [0.1, 0.15) is 30.4 Å². The van der Waals surface area contributed by atoms with Gasteiger partial charge in [0.05, 0.1) is 7.11 Å². The summed E-state index contributed by atoms with van der Waals surface area (Å²) >= 11 is 0.928. The fraction of sp³-hybridized carbons (Fsp3) is 0.500. The van der Waals surface area contributed by atoms with Gasteiger partial charge in [0, 0.05) is 6.54 Å². The van der Waals surface area contributed by atoms with Gasteiger partial charge in [-0.1, -0.05) is 6.92 Å². The van der Waals surface area contributed by atoms with E-state index in [1.165, 1.54) is 32.2 Å². The number of esters is 1. The molecule has 0 aliphatic carbocycles. The van der Waals surface area contributed by atoms with Crippen LogP contribution in [0.2, 0.25) is 0 Å². The predicted molar refractivity (Wildman–Crippen MR) is 76.9 cm³/mol. The molecule has 0 aliphatic heterocycles. The average molecular weight is 335 g/mol. The lowest BCUT2D eigenvalue weighted by atomic mass is 10.1. The fourth-order valence-corrected chi connectivity index (χ4v) is 4.90. The van der Waals surface area contributed by atoms with Crippen LogP contribution in [0.15, 0.2) is 16.3 Å². The van der Waals surface area contributed by atoms with Gasteiger partial charge in [-0.3, -0.25) is 4.79 Å². The second-order valence-electron chi connectivity index (χ2n) is 4.64. The van der Waals surface area contributed by atoms with E-state index in [2.05, 4.69) is 4.74 Å². The molecular weight excluding hydrogens is 318 g/mol. The molecule has 1 aromatic rings. The van der Waals surface area contributed by atoms with Gasteiger partial charge in [-0.15, -0.1) is 11.3 Å². The lowest BCUT2D eigenvalue weighted by molar-refractivity contribution is -0.146. The third-order valence-corrected chi connectivity index (χ3v) is 6.22. The summed E-state index contributed by atoms with van der Waals surface area (Å²) in [6.07, 6.45) is 0. The molecule has 0 saturated heterocycles. The first kappa shape index (κ1) is 17.6. The minimum Gasteiger partial charge on any atom is -0.480 e. The molecule has 0 atom stereocenters. The number of aliphatic carboxylic acids is 1. The Labute approximate surface area is 127 Å². The molecule has 0 spiro atoms. The number of carboxylic acids is 1. The minimum absolute atomic E-state index is 0.0436. The number of sulfonamides is 1. The van der Waals surface area contributed by atoms with Crippen LogP contribution in [0.25, 0.3) is 0 Å². The topological polar surface area (TPSA) is 101 Å². The standard InChI is InChI=1S/C12H17NO6S2/c1-5-13(12(2,3)11(15)16)21(17,18)8-6-7-20-9(8)10(14)19-4/h6-7H,5H2,1-4H3,(H,15,16). The van der Waals surface area contributed by atoms with E-state index in [1.54, 1.807) is 0 Å². The van der Waals surface area contributed by atoms with Gasteiger partial charge in [0.1, 0.15) is 15.3 Å². The van der Waals surface area contributed by atoms with Crippen molar-refractivity contribution < 1.29 is 27.9 Å². The molecule has 0 aliphatic rings. The molecular formula is C12H17NO6S2. The third-order valence-electron chi connectivity index (χ3n) is 3.00. The van der Waals surface area contributed by atoms with Crippen molar-refractivity contribution >= 4 is 33.3 Å². The second-order valence-corrected chi connectivity index (χ2v) is 7.39. The highest BCUT2D eigenvalue weighted by Crippen LogP contribution is 2.30. The molecule has 118 valence electrons. The lowest BCUT2D eigenvalue weighted by Crippen LogP contribution is -2.52. The molecule has 0 saturated carbocycles. The van der Waals surface area contributed by atoms with Gasteiger partial charge < -0.3 is 9.84 Å². The zero-order valence-corrected chi connectivity index (χ0v) is 13.7. The van der Waals surface area contributed by atoms with Crippen LogP contribution < -0.4 is 0 Å². The summed E-state index contributed by atoms with van der Waals surface area (Å²) < 4.78 is 30.7. The van der Waals surface area contributed by atoms with Crippen LogP contribution in [-0.2, 0) is 19.6 Å². The molecule has 1 heterocycles. The van der Waals surface area contributed by atoms with Crippen LogP contribution in [0.5, 0.6) is 0 Å². The Balaban J connectivity index is 3.43. The number of carboxylic acid groups (broad SMARTS) is 1. The highest BCUT2D eigenvalue weighted by Gasteiger charge is 2.43. The number of rotatable bonds is 6. The van der Waals surface area contributed by atoms with Gasteiger partial charge in [0.15, 0.2) is 0 Å². The summed E-state index contributed by atoms with van der Waals surface area (Å²) in [5.41, 5.74) is -1.64. The van der Waals surface area contributed by atoms with E-state index in [9.17, 15) is 23.1 Å². The van der Waals surface area contributed by atoms with Gasteiger partial charge >= 0.3 is 11.9 Å². The van der Waals surface area contributed by atoms with Gasteiger partial charge in [-0.2, -0.15) is 4.31 Å². The first-order valence-corrected chi connectivity index (χ1v) is 8.34. The van der Waals surface area contributed by atoms with Gasteiger partial charge in [-0.25, -0.2) is 13.2 Å². The van der Waals surface area contributed by atoms with E-state index in [1.807, 2.05) is 0 Å². The molecule has 0 bridgehead atoms. The highest BCUT2D eigenvalue weighted by molar-refractivity contribution is 7.89. The van der Waals surface area contributed by atoms with Crippen molar-refractivity contribution in [2.75, 3.05) is 13.7 Å². The van der Waals surface area contributed by atoms with E-state index in [4.69, 9.17) is 0 Å². The summed E-state index contributed by atoms with van der Waals surface area (Å²) in [6.45, 7) is 4.08. The Morgan fingerprint density at radius 2 is 2.00 bits per heavy atom. The van der Waals surface area contributed by atoms with E-state index in [0.717, 1.165) is 22.8 Å². The summed E-state index contributed by atoms with van der Waals surface area (Å²) in [7, 11) is -2.98. The molecule has 0 unspecified atom stereocenters. The lowest BCUT2D eigenvalue weighted by Gasteiger charge is -2.32. The van der Waals surface area contributed by atoms with Crippen molar-refractivity contribution in [3.63, 3.8) is 0 Å². The van der Waals surface area contributed by atoms with Crippen molar-refractivity contribution in [3.05, 3.63) is 16.3 Å². The maximum atomic E-state index is 12.7. The largest absolute Gasteiger partial charge is 0.480 e. The van der Waals surface area contributed by atoms with Gasteiger partial charge in [-0.05, 0) is 25.3 Å². The summed E-state index contributed by atoms with van der Waals surface area (Å²) in [6, 6.07) is 1.27. The first-order valence-electron chi connectivity index (χ1n) is 6.02. The van der Waals surface area contributed by atoms with Crippen LogP contribution in [0.4, 0.5) is 0 Å². The summed E-state index contributed by atoms with van der Waals surface area (Å²) in [5.74, 6) is -2.05.